The molecule has 0 aliphatic carbocycles. The fourth-order valence-electron chi connectivity index (χ4n) is 1.72. The zero-order valence-electron chi connectivity index (χ0n) is 10.3. The SMILES string of the molecule is CC(C)C(CC(=O)O)NC(=O)N1CC=CCC1. The van der Waals surface area contributed by atoms with E-state index < -0.39 is 5.97 Å². The number of amides is 2. The smallest absolute Gasteiger partial charge is 0.317 e. The number of carbonyl (C=O) groups excluding carboxylic acids is 1. The van der Waals surface area contributed by atoms with E-state index in [1.807, 2.05) is 26.0 Å². The van der Waals surface area contributed by atoms with Gasteiger partial charge in [-0.25, -0.2) is 4.79 Å². The molecule has 1 aliphatic rings. The summed E-state index contributed by atoms with van der Waals surface area (Å²) in [5.74, 6) is -0.780. The predicted molar refractivity (Wildman–Crippen MR) is 64.7 cm³/mol. The molecule has 0 spiro atoms. The average molecular weight is 240 g/mol. The number of nitrogens with one attached hydrogen (secondary N) is 1. The molecule has 2 amide bonds. The topological polar surface area (TPSA) is 69.6 Å². The molecule has 0 fully saturated rings. The van der Waals surface area contributed by atoms with Crippen molar-refractivity contribution in [1.82, 2.24) is 10.2 Å². The minimum Gasteiger partial charge on any atom is -0.481 e. The van der Waals surface area contributed by atoms with Gasteiger partial charge in [0.25, 0.3) is 0 Å². The van der Waals surface area contributed by atoms with Gasteiger partial charge in [0.15, 0.2) is 0 Å². The summed E-state index contributed by atoms with van der Waals surface area (Å²) in [5, 5.41) is 11.6. The molecule has 0 saturated heterocycles. The average Bonchev–Trinajstić information content (AvgIpc) is 2.28. The molecule has 1 atom stereocenters. The Morgan fingerprint density at radius 3 is 2.59 bits per heavy atom. The van der Waals surface area contributed by atoms with Crippen molar-refractivity contribution in [3.8, 4) is 0 Å². The van der Waals surface area contributed by atoms with Crippen LogP contribution < -0.4 is 5.32 Å². The minimum atomic E-state index is -0.887. The summed E-state index contributed by atoms with van der Waals surface area (Å²) in [6, 6.07) is -0.486. The van der Waals surface area contributed by atoms with Gasteiger partial charge in [-0.15, -0.1) is 0 Å². The fraction of sp³-hybridized carbons (Fsp3) is 0.667. The van der Waals surface area contributed by atoms with Crippen molar-refractivity contribution in [1.29, 1.82) is 0 Å². The zero-order chi connectivity index (χ0) is 12.8. The lowest BCUT2D eigenvalue weighted by Gasteiger charge is -2.28. The summed E-state index contributed by atoms with van der Waals surface area (Å²) >= 11 is 0. The van der Waals surface area contributed by atoms with E-state index in [2.05, 4.69) is 5.32 Å². The molecule has 5 nitrogen and oxygen atoms in total. The third-order valence-electron chi connectivity index (χ3n) is 2.85. The van der Waals surface area contributed by atoms with E-state index in [1.165, 1.54) is 0 Å². The highest BCUT2D eigenvalue weighted by molar-refractivity contribution is 5.76. The van der Waals surface area contributed by atoms with Crippen LogP contribution in [0.4, 0.5) is 4.79 Å². The van der Waals surface area contributed by atoms with E-state index in [1.54, 1.807) is 4.90 Å². The first-order chi connectivity index (χ1) is 8.00. The highest BCUT2D eigenvalue weighted by Crippen LogP contribution is 2.08. The Balaban J connectivity index is 2.51. The Morgan fingerprint density at radius 1 is 1.41 bits per heavy atom. The minimum absolute atomic E-state index is 0.0346. The second-order valence-electron chi connectivity index (χ2n) is 4.60. The van der Waals surface area contributed by atoms with Crippen LogP contribution in [0, 0.1) is 5.92 Å². The van der Waals surface area contributed by atoms with Gasteiger partial charge in [-0.2, -0.15) is 0 Å². The molecule has 0 radical (unpaired) electrons. The Kier molecular flexibility index (Phi) is 5.00. The van der Waals surface area contributed by atoms with Crippen molar-refractivity contribution in [2.75, 3.05) is 13.1 Å². The number of urea groups is 1. The van der Waals surface area contributed by atoms with Gasteiger partial charge >= 0.3 is 12.0 Å². The van der Waals surface area contributed by atoms with Crippen molar-refractivity contribution in [3.05, 3.63) is 12.2 Å². The molecule has 0 saturated carbocycles. The maximum atomic E-state index is 11.9. The lowest BCUT2D eigenvalue weighted by atomic mass is 10.0. The van der Waals surface area contributed by atoms with Gasteiger partial charge in [-0.3, -0.25) is 4.79 Å². The third-order valence-corrected chi connectivity index (χ3v) is 2.85. The number of rotatable bonds is 4. The van der Waals surface area contributed by atoms with Crippen LogP contribution in [-0.2, 0) is 4.79 Å². The summed E-state index contributed by atoms with van der Waals surface area (Å²) in [5.41, 5.74) is 0. The highest BCUT2D eigenvalue weighted by atomic mass is 16.4. The van der Waals surface area contributed by atoms with Crippen molar-refractivity contribution >= 4 is 12.0 Å². The molecule has 0 bridgehead atoms. The maximum absolute atomic E-state index is 11.9. The largest absolute Gasteiger partial charge is 0.481 e. The van der Waals surface area contributed by atoms with Crippen molar-refractivity contribution in [2.24, 2.45) is 5.92 Å². The number of carbonyl (C=O) groups is 2. The molecule has 96 valence electrons. The molecule has 2 N–H and O–H groups in total. The predicted octanol–water partition coefficient (Wildman–Crippen LogP) is 1.46. The molecule has 1 unspecified atom stereocenters. The molecule has 17 heavy (non-hydrogen) atoms. The van der Waals surface area contributed by atoms with Gasteiger partial charge in [0.2, 0.25) is 0 Å². The lowest BCUT2D eigenvalue weighted by molar-refractivity contribution is -0.137. The van der Waals surface area contributed by atoms with Gasteiger partial charge in [-0.05, 0) is 12.3 Å². The van der Waals surface area contributed by atoms with Gasteiger partial charge in [0.1, 0.15) is 0 Å². The molecular weight excluding hydrogens is 220 g/mol. The number of aliphatic carboxylic acids is 1. The van der Waals surface area contributed by atoms with Crippen molar-refractivity contribution < 1.29 is 14.7 Å². The standard InChI is InChI=1S/C12H20N2O3/c1-9(2)10(8-11(15)16)13-12(17)14-6-4-3-5-7-14/h3-4,9-10H,5-8H2,1-2H3,(H,13,17)(H,15,16). The van der Waals surface area contributed by atoms with Crippen LogP contribution in [0.1, 0.15) is 26.7 Å². The van der Waals surface area contributed by atoms with Crippen LogP contribution in [0.25, 0.3) is 0 Å². The van der Waals surface area contributed by atoms with Crippen LogP contribution in [0.15, 0.2) is 12.2 Å². The number of carboxylic acids is 1. The molecule has 1 rings (SSSR count). The van der Waals surface area contributed by atoms with Crippen LogP contribution in [0.2, 0.25) is 0 Å². The first-order valence-corrected chi connectivity index (χ1v) is 5.93. The summed E-state index contributed by atoms with van der Waals surface area (Å²) in [6.07, 6.45) is 4.82. The van der Waals surface area contributed by atoms with E-state index in [0.717, 1.165) is 6.42 Å². The van der Waals surface area contributed by atoms with Gasteiger partial charge < -0.3 is 15.3 Å². The van der Waals surface area contributed by atoms with E-state index in [0.29, 0.717) is 13.1 Å². The third kappa shape index (κ3) is 4.46. The number of hydrogen-bond donors (Lipinski definition) is 2. The van der Waals surface area contributed by atoms with E-state index in [-0.39, 0.29) is 24.4 Å². The monoisotopic (exact) mass is 240 g/mol. The Labute approximate surface area is 101 Å². The molecular formula is C12H20N2O3. The maximum Gasteiger partial charge on any atom is 0.317 e. The van der Waals surface area contributed by atoms with Gasteiger partial charge in [0, 0.05) is 19.1 Å². The van der Waals surface area contributed by atoms with Crippen LogP contribution in [0.5, 0.6) is 0 Å². The molecule has 5 heteroatoms. The number of carboxylic acid groups (broad SMARTS) is 1. The van der Waals surface area contributed by atoms with E-state index in [4.69, 9.17) is 5.11 Å². The van der Waals surface area contributed by atoms with Gasteiger partial charge in [-0.1, -0.05) is 26.0 Å². The Bertz CT molecular complexity index is 313. The number of hydrogen-bond acceptors (Lipinski definition) is 2. The van der Waals surface area contributed by atoms with Crippen LogP contribution >= 0.6 is 0 Å². The normalized spacial score (nSPS) is 17.0. The molecule has 0 aromatic heterocycles. The molecule has 0 aromatic rings. The summed E-state index contributed by atoms with van der Waals surface area (Å²) in [4.78, 5) is 24.3. The Hall–Kier alpha value is -1.52. The highest BCUT2D eigenvalue weighted by Gasteiger charge is 2.22. The van der Waals surface area contributed by atoms with E-state index >= 15 is 0 Å². The summed E-state index contributed by atoms with van der Waals surface area (Å²) in [6.45, 7) is 5.11. The Morgan fingerprint density at radius 2 is 2.12 bits per heavy atom. The molecule has 0 aromatic carbocycles. The van der Waals surface area contributed by atoms with Crippen LogP contribution in [0.3, 0.4) is 0 Å². The summed E-state index contributed by atoms with van der Waals surface area (Å²) < 4.78 is 0. The van der Waals surface area contributed by atoms with Crippen LogP contribution in [-0.4, -0.2) is 41.1 Å². The lowest BCUT2D eigenvalue weighted by Crippen LogP contribution is -2.48. The van der Waals surface area contributed by atoms with Gasteiger partial charge in [0.05, 0.1) is 6.42 Å². The zero-order valence-corrected chi connectivity index (χ0v) is 10.3. The first-order valence-electron chi connectivity index (χ1n) is 5.93. The molecule has 1 heterocycles. The quantitative estimate of drug-likeness (QED) is 0.731. The van der Waals surface area contributed by atoms with Crippen molar-refractivity contribution in [3.63, 3.8) is 0 Å². The fourth-order valence-corrected chi connectivity index (χ4v) is 1.72. The first kappa shape index (κ1) is 13.5. The van der Waals surface area contributed by atoms with Crippen molar-refractivity contribution in [2.45, 2.75) is 32.7 Å². The second kappa shape index (κ2) is 6.27. The summed E-state index contributed by atoms with van der Waals surface area (Å²) in [7, 11) is 0. The second-order valence-corrected chi connectivity index (χ2v) is 4.60. The molecule has 1 aliphatic heterocycles. The number of nitrogens with zero attached hydrogens (tertiary/aromatic N) is 1. The van der Waals surface area contributed by atoms with E-state index in [9.17, 15) is 9.59 Å².